The minimum atomic E-state index is -0.227. The Bertz CT molecular complexity index is 1710. The molecule has 0 unspecified atom stereocenters. The molecule has 0 amide bonds. The van der Waals surface area contributed by atoms with Crippen molar-refractivity contribution in [1.29, 1.82) is 0 Å². The zero-order chi connectivity index (χ0) is 23.6. The molecule has 7 rings (SSSR count). The van der Waals surface area contributed by atoms with E-state index in [2.05, 4.69) is 139 Å². The highest BCUT2D eigenvalue weighted by Gasteiger charge is 2.40. The van der Waals surface area contributed by atoms with Crippen LogP contribution in [0.4, 0.5) is 17.2 Å². The van der Waals surface area contributed by atoms with Crippen LogP contribution in [-0.4, -0.2) is 9.55 Å². The lowest BCUT2D eigenvalue weighted by Crippen LogP contribution is -2.31. The van der Waals surface area contributed by atoms with E-state index in [1.54, 1.807) is 0 Å². The van der Waals surface area contributed by atoms with Crippen molar-refractivity contribution >= 4 is 39.0 Å². The molecular formula is C32H25N3. The number of para-hydroxylation sites is 4. The van der Waals surface area contributed by atoms with E-state index in [0.29, 0.717) is 0 Å². The third-order valence-electron chi connectivity index (χ3n) is 7.38. The molecule has 0 saturated carbocycles. The average Bonchev–Trinajstić information content (AvgIpc) is 3.24. The van der Waals surface area contributed by atoms with E-state index in [9.17, 15) is 0 Å². The number of nitrogens with zero attached hydrogens (tertiary/aromatic N) is 3. The van der Waals surface area contributed by atoms with Gasteiger partial charge in [0, 0.05) is 33.1 Å². The molecule has 3 nitrogen and oxygen atoms in total. The van der Waals surface area contributed by atoms with Crippen LogP contribution in [0.15, 0.2) is 115 Å². The maximum Gasteiger partial charge on any atom is 0.142 e. The molecule has 0 atom stereocenters. The van der Waals surface area contributed by atoms with Gasteiger partial charge in [0.05, 0.1) is 22.9 Å². The van der Waals surface area contributed by atoms with Crippen molar-refractivity contribution in [2.24, 2.45) is 0 Å². The third kappa shape index (κ3) is 2.75. The van der Waals surface area contributed by atoms with Gasteiger partial charge < -0.3 is 4.57 Å². The Kier molecular flexibility index (Phi) is 4.19. The Morgan fingerprint density at radius 3 is 2.03 bits per heavy atom. The van der Waals surface area contributed by atoms with Crippen LogP contribution in [-0.2, 0) is 5.41 Å². The highest BCUT2D eigenvalue weighted by Crippen LogP contribution is 2.54. The predicted octanol–water partition coefficient (Wildman–Crippen LogP) is 8.29. The summed E-state index contributed by atoms with van der Waals surface area (Å²) in [7, 11) is 0. The van der Waals surface area contributed by atoms with Crippen LogP contribution in [0.1, 0.15) is 25.0 Å². The summed E-state index contributed by atoms with van der Waals surface area (Å²) in [6, 6.07) is 38.7. The first-order valence-electron chi connectivity index (χ1n) is 12.1. The molecule has 0 radical (unpaired) electrons. The van der Waals surface area contributed by atoms with Crippen LogP contribution in [0.2, 0.25) is 0 Å². The third-order valence-corrected chi connectivity index (χ3v) is 7.38. The largest absolute Gasteiger partial charge is 0.308 e. The van der Waals surface area contributed by atoms with Crippen molar-refractivity contribution in [2.75, 3.05) is 4.90 Å². The van der Waals surface area contributed by atoms with E-state index in [1.165, 1.54) is 33.1 Å². The zero-order valence-electron chi connectivity index (χ0n) is 19.8. The van der Waals surface area contributed by atoms with E-state index in [1.807, 2.05) is 0 Å². The van der Waals surface area contributed by atoms with Gasteiger partial charge in [0.15, 0.2) is 0 Å². The smallest absolute Gasteiger partial charge is 0.142 e. The van der Waals surface area contributed by atoms with E-state index in [0.717, 1.165) is 22.7 Å². The minimum absolute atomic E-state index is 0.227. The Labute approximate surface area is 204 Å². The van der Waals surface area contributed by atoms with Crippen LogP contribution in [0, 0.1) is 0 Å². The molecule has 0 fully saturated rings. The molecule has 1 aliphatic rings. The van der Waals surface area contributed by atoms with E-state index < -0.39 is 0 Å². The molecule has 0 aliphatic carbocycles. The maximum atomic E-state index is 5.19. The monoisotopic (exact) mass is 451 g/mol. The van der Waals surface area contributed by atoms with Gasteiger partial charge in [-0.05, 0) is 42.0 Å². The van der Waals surface area contributed by atoms with E-state index >= 15 is 0 Å². The summed E-state index contributed by atoms with van der Waals surface area (Å²) in [5.74, 6) is 1.00. The number of hydrogen-bond donors (Lipinski definition) is 0. The van der Waals surface area contributed by atoms with Crippen LogP contribution in [0.25, 0.3) is 27.5 Å². The average molecular weight is 452 g/mol. The Hall–Kier alpha value is -4.37. The summed E-state index contributed by atoms with van der Waals surface area (Å²) >= 11 is 0. The second-order valence-corrected chi connectivity index (χ2v) is 9.72. The van der Waals surface area contributed by atoms with Crippen molar-refractivity contribution < 1.29 is 0 Å². The first kappa shape index (κ1) is 20.0. The molecule has 1 aliphatic heterocycles. The second-order valence-electron chi connectivity index (χ2n) is 9.72. The molecule has 2 aromatic heterocycles. The quantitative estimate of drug-likeness (QED) is 0.264. The number of anilines is 3. The number of pyridine rings is 1. The molecule has 4 aromatic carbocycles. The highest BCUT2D eigenvalue weighted by molar-refractivity contribution is 6.13. The SMILES string of the molecule is CC1(C)c2ccccc2N(c2ccccc2)c2ncc3c(c21)c1ccccc1n3-c1ccccc1. The fourth-order valence-corrected chi connectivity index (χ4v) is 5.84. The van der Waals surface area contributed by atoms with Crippen LogP contribution in [0.3, 0.4) is 0 Å². The first-order valence-corrected chi connectivity index (χ1v) is 12.1. The van der Waals surface area contributed by atoms with Gasteiger partial charge in [-0.2, -0.15) is 0 Å². The Morgan fingerprint density at radius 2 is 1.26 bits per heavy atom. The lowest BCUT2D eigenvalue weighted by Gasteiger charge is -2.41. The molecule has 35 heavy (non-hydrogen) atoms. The van der Waals surface area contributed by atoms with Gasteiger partial charge in [-0.15, -0.1) is 0 Å². The summed E-state index contributed by atoms with van der Waals surface area (Å²) in [6.45, 7) is 4.67. The van der Waals surface area contributed by atoms with Crippen LogP contribution >= 0.6 is 0 Å². The van der Waals surface area contributed by atoms with Crippen LogP contribution in [0.5, 0.6) is 0 Å². The number of rotatable bonds is 2. The zero-order valence-corrected chi connectivity index (χ0v) is 19.8. The summed E-state index contributed by atoms with van der Waals surface area (Å²) in [4.78, 5) is 7.51. The summed E-state index contributed by atoms with van der Waals surface area (Å²) in [5.41, 5.74) is 8.14. The van der Waals surface area contributed by atoms with Gasteiger partial charge in [0.2, 0.25) is 0 Å². The number of benzene rings is 4. The van der Waals surface area contributed by atoms with Gasteiger partial charge in [-0.25, -0.2) is 4.98 Å². The summed E-state index contributed by atoms with van der Waals surface area (Å²) in [5, 5.41) is 2.53. The normalized spacial score (nSPS) is 14.2. The molecule has 6 aromatic rings. The number of fused-ring (bicyclic) bond motifs is 6. The first-order chi connectivity index (χ1) is 17.2. The van der Waals surface area contributed by atoms with Gasteiger partial charge in [-0.1, -0.05) is 86.6 Å². The van der Waals surface area contributed by atoms with Crippen molar-refractivity contribution in [3.05, 3.63) is 127 Å². The van der Waals surface area contributed by atoms with Crippen molar-refractivity contribution in [1.82, 2.24) is 9.55 Å². The fourth-order valence-electron chi connectivity index (χ4n) is 5.84. The molecular weight excluding hydrogens is 426 g/mol. The van der Waals surface area contributed by atoms with Gasteiger partial charge in [0.25, 0.3) is 0 Å². The molecule has 168 valence electrons. The molecule has 0 bridgehead atoms. The van der Waals surface area contributed by atoms with E-state index in [-0.39, 0.29) is 5.41 Å². The van der Waals surface area contributed by atoms with Crippen molar-refractivity contribution in [2.45, 2.75) is 19.3 Å². The molecule has 0 spiro atoms. The Balaban J connectivity index is 1.66. The second kappa shape index (κ2) is 7.31. The minimum Gasteiger partial charge on any atom is -0.308 e. The van der Waals surface area contributed by atoms with Gasteiger partial charge in [0.1, 0.15) is 5.82 Å². The van der Waals surface area contributed by atoms with E-state index in [4.69, 9.17) is 4.98 Å². The topological polar surface area (TPSA) is 21.1 Å². The highest BCUT2D eigenvalue weighted by atomic mass is 15.2. The molecule has 0 N–H and O–H groups in total. The summed E-state index contributed by atoms with van der Waals surface area (Å²) in [6.07, 6.45) is 2.06. The standard InChI is InChI=1S/C32H25N3/c1-32(2)25-18-10-12-20-27(25)35(23-15-7-4-8-16-23)31-30(32)29-24-17-9-11-19-26(24)34(28(29)21-33-31)22-13-5-3-6-14-22/h3-21H,1-2H3. The maximum absolute atomic E-state index is 5.19. The lowest BCUT2D eigenvalue weighted by molar-refractivity contribution is 0.634. The van der Waals surface area contributed by atoms with Crippen molar-refractivity contribution in [3.63, 3.8) is 0 Å². The van der Waals surface area contributed by atoms with Crippen molar-refractivity contribution in [3.8, 4) is 5.69 Å². The predicted molar refractivity (Wildman–Crippen MR) is 145 cm³/mol. The number of aromatic nitrogens is 2. The lowest BCUT2D eigenvalue weighted by atomic mass is 9.73. The Morgan fingerprint density at radius 1 is 0.629 bits per heavy atom. The molecule has 3 heteroatoms. The van der Waals surface area contributed by atoms with Gasteiger partial charge >= 0.3 is 0 Å². The van der Waals surface area contributed by atoms with Crippen LogP contribution < -0.4 is 4.90 Å². The fraction of sp³-hybridized carbons (Fsp3) is 0.0938. The molecule has 3 heterocycles. The number of hydrogen-bond acceptors (Lipinski definition) is 2. The van der Waals surface area contributed by atoms with Gasteiger partial charge in [-0.3, -0.25) is 4.90 Å². The summed E-state index contributed by atoms with van der Waals surface area (Å²) < 4.78 is 2.35. The molecule has 0 saturated heterocycles.